The Balaban J connectivity index is 2.47. The van der Waals surface area contributed by atoms with Crippen molar-refractivity contribution >= 4 is 22.7 Å². The van der Waals surface area contributed by atoms with E-state index in [2.05, 4.69) is 18.0 Å². The van der Waals surface area contributed by atoms with Gasteiger partial charge in [-0.1, -0.05) is 18.2 Å². The summed E-state index contributed by atoms with van der Waals surface area (Å²) in [7, 11) is 0. The minimum Gasteiger partial charge on any atom is -0.508 e. The highest BCUT2D eigenvalue weighted by molar-refractivity contribution is 5.97. The SMILES string of the molecule is Cc1cccc2[nH]c3c(c12)C(O)=CCC=C3. The second-order valence-corrected chi connectivity index (χ2v) is 4.14. The molecule has 80 valence electrons. The average molecular weight is 211 g/mol. The fourth-order valence-corrected chi connectivity index (χ4v) is 2.30. The second kappa shape index (κ2) is 3.27. The van der Waals surface area contributed by atoms with Gasteiger partial charge in [-0.2, -0.15) is 0 Å². The summed E-state index contributed by atoms with van der Waals surface area (Å²) in [6, 6.07) is 6.13. The smallest absolute Gasteiger partial charge is 0.121 e. The van der Waals surface area contributed by atoms with Crippen LogP contribution in [0, 0.1) is 6.92 Å². The van der Waals surface area contributed by atoms with Gasteiger partial charge < -0.3 is 10.1 Å². The Morgan fingerprint density at radius 1 is 1.31 bits per heavy atom. The van der Waals surface area contributed by atoms with E-state index in [9.17, 15) is 5.11 Å². The van der Waals surface area contributed by atoms with Gasteiger partial charge >= 0.3 is 0 Å². The van der Waals surface area contributed by atoms with Gasteiger partial charge in [0.1, 0.15) is 5.76 Å². The van der Waals surface area contributed by atoms with Crippen LogP contribution >= 0.6 is 0 Å². The van der Waals surface area contributed by atoms with Crippen molar-refractivity contribution in [1.29, 1.82) is 0 Å². The number of hydrogen-bond acceptors (Lipinski definition) is 1. The molecular formula is C14H13NO. The van der Waals surface area contributed by atoms with E-state index in [1.165, 1.54) is 5.56 Å². The first-order valence-electron chi connectivity index (χ1n) is 5.44. The fourth-order valence-electron chi connectivity index (χ4n) is 2.30. The summed E-state index contributed by atoms with van der Waals surface area (Å²) in [4.78, 5) is 3.34. The molecule has 0 atom stereocenters. The standard InChI is InChI=1S/C14H13NO/c1-9-5-4-7-10-13(9)14-11(15-10)6-2-3-8-12(14)16/h2,4-8,15-16H,3H2,1H3. The quantitative estimate of drug-likeness (QED) is 0.683. The number of aryl methyl sites for hydroxylation is 1. The van der Waals surface area contributed by atoms with Gasteiger partial charge in [0.05, 0.1) is 0 Å². The molecule has 3 rings (SSSR count). The fraction of sp³-hybridized carbons (Fsp3) is 0.143. The van der Waals surface area contributed by atoms with Gasteiger partial charge in [-0.05, 0) is 37.1 Å². The molecule has 0 saturated heterocycles. The molecule has 1 heterocycles. The van der Waals surface area contributed by atoms with Crippen LogP contribution in [0.2, 0.25) is 0 Å². The molecule has 0 radical (unpaired) electrons. The van der Waals surface area contributed by atoms with E-state index in [1.807, 2.05) is 30.4 Å². The summed E-state index contributed by atoms with van der Waals surface area (Å²) in [5.41, 5.74) is 4.19. The normalized spacial score (nSPS) is 14.7. The highest BCUT2D eigenvalue weighted by Gasteiger charge is 2.15. The molecule has 0 bridgehead atoms. The van der Waals surface area contributed by atoms with Gasteiger partial charge in [0.25, 0.3) is 0 Å². The molecule has 0 unspecified atom stereocenters. The molecular weight excluding hydrogens is 198 g/mol. The first kappa shape index (κ1) is 9.28. The van der Waals surface area contributed by atoms with Crippen molar-refractivity contribution in [2.75, 3.05) is 0 Å². The molecule has 1 aliphatic rings. The topological polar surface area (TPSA) is 36.0 Å². The van der Waals surface area contributed by atoms with Crippen molar-refractivity contribution in [2.24, 2.45) is 0 Å². The summed E-state index contributed by atoms with van der Waals surface area (Å²) >= 11 is 0. The molecule has 1 aromatic heterocycles. The highest BCUT2D eigenvalue weighted by Crippen LogP contribution is 2.32. The maximum Gasteiger partial charge on any atom is 0.121 e. The Kier molecular flexibility index (Phi) is 1.90. The number of rotatable bonds is 0. The largest absolute Gasteiger partial charge is 0.508 e. The van der Waals surface area contributed by atoms with E-state index in [-0.39, 0.29) is 0 Å². The highest BCUT2D eigenvalue weighted by atomic mass is 16.3. The number of hydrogen-bond donors (Lipinski definition) is 2. The molecule has 2 N–H and O–H groups in total. The molecule has 1 aromatic carbocycles. The van der Waals surface area contributed by atoms with E-state index in [4.69, 9.17) is 0 Å². The van der Waals surface area contributed by atoms with Crippen LogP contribution in [0.1, 0.15) is 23.2 Å². The third kappa shape index (κ3) is 1.20. The second-order valence-electron chi connectivity index (χ2n) is 4.14. The predicted octanol–water partition coefficient (Wildman–Crippen LogP) is 3.79. The lowest BCUT2D eigenvalue weighted by Crippen LogP contribution is -1.84. The number of allylic oxidation sites excluding steroid dienone is 2. The lowest BCUT2D eigenvalue weighted by atomic mass is 10.0. The van der Waals surface area contributed by atoms with Crippen molar-refractivity contribution in [3.8, 4) is 0 Å². The molecule has 0 fully saturated rings. The predicted molar refractivity (Wildman–Crippen MR) is 67.3 cm³/mol. The molecule has 0 spiro atoms. The van der Waals surface area contributed by atoms with Gasteiger partial charge in [0.15, 0.2) is 0 Å². The van der Waals surface area contributed by atoms with Crippen LogP contribution in [0.25, 0.3) is 22.7 Å². The van der Waals surface area contributed by atoms with Crippen LogP contribution in [0.5, 0.6) is 0 Å². The Hall–Kier alpha value is -1.96. The number of aliphatic hydroxyl groups is 1. The Morgan fingerprint density at radius 2 is 2.19 bits per heavy atom. The summed E-state index contributed by atoms with van der Waals surface area (Å²) < 4.78 is 0. The molecule has 2 heteroatoms. The summed E-state index contributed by atoms with van der Waals surface area (Å²) in [6.07, 6.45) is 6.71. The van der Waals surface area contributed by atoms with Crippen LogP contribution in [-0.4, -0.2) is 10.1 Å². The number of benzene rings is 1. The maximum atomic E-state index is 10.1. The number of fused-ring (bicyclic) bond motifs is 3. The van der Waals surface area contributed by atoms with E-state index >= 15 is 0 Å². The minimum absolute atomic E-state index is 0.376. The van der Waals surface area contributed by atoms with E-state index in [0.29, 0.717) is 5.76 Å². The van der Waals surface area contributed by atoms with Gasteiger partial charge in [-0.25, -0.2) is 0 Å². The van der Waals surface area contributed by atoms with E-state index in [1.54, 1.807) is 0 Å². The number of aromatic amines is 1. The van der Waals surface area contributed by atoms with Crippen molar-refractivity contribution in [3.63, 3.8) is 0 Å². The van der Waals surface area contributed by atoms with E-state index in [0.717, 1.165) is 28.6 Å². The third-order valence-electron chi connectivity index (χ3n) is 3.05. The molecule has 0 amide bonds. The number of aliphatic hydroxyl groups excluding tert-OH is 1. The van der Waals surface area contributed by atoms with Crippen LogP contribution in [0.3, 0.4) is 0 Å². The maximum absolute atomic E-state index is 10.1. The van der Waals surface area contributed by atoms with E-state index < -0.39 is 0 Å². The van der Waals surface area contributed by atoms with Gasteiger partial charge in [0, 0.05) is 22.2 Å². The Bertz CT molecular complexity index is 617. The molecule has 0 saturated carbocycles. The summed E-state index contributed by atoms with van der Waals surface area (Å²) in [6.45, 7) is 2.07. The number of aromatic nitrogens is 1. The van der Waals surface area contributed by atoms with Crippen molar-refractivity contribution in [3.05, 3.63) is 47.2 Å². The molecule has 0 aliphatic heterocycles. The number of nitrogens with one attached hydrogen (secondary N) is 1. The first-order chi connectivity index (χ1) is 7.77. The number of H-pyrrole nitrogens is 1. The average Bonchev–Trinajstić information content (AvgIpc) is 2.55. The minimum atomic E-state index is 0.376. The third-order valence-corrected chi connectivity index (χ3v) is 3.05. The molecule has 2 aromatic rings. The zero-order valence-corrected chi connectivity index (χ0v) is 9.12. The van der Waals surface area contributed by atoms with Crippen LogP contribution in [0.4, 0.5) is 0 Å². The van der Waals surface area contributed by atoms with Crippen LogP contribution in [-0.2, 0) is 0 Å². The van der Waals surface area contributed by atoms with Crippen molar-refractivity contribution in [2.45, 2.75) is 13.3 Å². The molecule has 1 aliphatic carbocycles. The van der Waals surface area contributed by atoms with Crippen molar-refractivity contribution < 1.29 is 5.11 Å². The van der Waals surface area contributed by atoms with Gasteiger partial charge in [-0.15, -0.1) is 0 Å². The zero-order chi connectivity index (χ0) is 11.1. The Morgan fingerprint density at radius 3 is 3.06 bits per heavy atom. The monoisotopic (exact) mass is 211 g/mol. The molecule has 16 heavy (non-hydrogen) atoms. The first-order valence-corrected chi connectivity index (χ1v) is 5.44. The van der Waals surface area contributed by atoms with Crippen LogP contribution < -0.4 is 0 Å². The summed E-state index contributed by atoms with van der Waals surface area (Å²) in [5, 5.41) is 11.2. The van der Waals surface area contributed by atoms with Gasteiger partial charge in [0.2, 0.25) is 0 Å². The lowest BCUT2D eigenvalue weighted by molar-refractivity contribution is 0.511. The summed E-state index contributed by atoms with van der Waals surface area (Å²) in [5.74, 6) is 0.376. The molecule has 2 nitrogen and oxygen atoms in total. The van der Waals surface area contributed by atoms with Crippen molar-refractivity contribution in [1.82, 2.24) is 4.98 Å². The van der Waals surface area contributed by atoms with Gasteiger partial charge in [-0.3, -0.25) is 0 Å². The lowest BCUT2D eigenvalue weighted by Gasteiger charge is -2.01. The zero-order valence-electron chi connectivity index (χ0n) is 9.12. The Labute approximate surface area is 93.9 Å². The van der Waals surface area contributed by atoms with Crippen LogP contribution in [0.15, 0.2) is 30.4 Å².